The molecule has 76 valence electrons. The summed E-state index contributed by atoms with van der Waals surface area (Å²) in [5.74, 6) is 0. The van der Waals surface area contributed by atoms with Crippen molar-refractivity contribution in [2.45, 2.75) is 20.0 Å². The van der Waals surface area contributed by atoms with Crippen LogP contribution in [0.2, 0.25) is 0 Å². The lowest BCUT2D eigenvalue weighted by Crippen LogP contribution is -2.28. The fourth-order valence-electron chi connectivity index (χ4n) is 1.00. The van der Waals surface area contributed by atoms with Crippen LogP contribution >= 0.6 is 0 Å². The molecular formula is C11H15NO2. The van der Waals surface area contributed by atoms with Crippen LogP contribution < -0.4 is 0 Å². The minimum absolute atomic E-state index is 0.0825. The van der Waals surface area contributed by atoms with E-state index in [2.05, 4.69) is 0 Å². The molecule has 0 aliphatic carbocycles. The molecule has 3 nitrogen and oxygen atoms in total. The maximum atomic E-state index is 11.5. The van der Waals surface area contributed by atoms with Crippen molar-refractivity contribution >= 4 is 6.09 Å². The summed E-state index contributed by atoms with van der Waals surface area (Å²) in [7, 11) is 0. The standard InChI is InChI=1S/C11H15NO2/c1-10(2)14-11(13)12-8-6-4-3-5-7-9-12/h3-8,10H,9H2,1-2H3. The van der Waals surface area contributed by atoms with Crippen molar-refractivity contribution in [3.05, 3.63) is 36.6 Å². The highest BCUT2D eigenvalue weighted by atomic mass is 16.6. The van der Waals surface area contributed by atoms with E-state index in [1.807, 2.05) is 44.2 Å². The normalized spacial score (nSPS) is 15.5. The lowest BCUT2D eigenvalue weighted by atomic mass is 10.3. The smallest absolute Gasteiger partial charge is 0.414 e. The Kier molecular flexibility index (Phi) is 3.98. The molecular weight excluding hydrogens is 178 g/mol. The highest BCUT2D eigenvalue weighted by Gasteiger charge is 2.11. The third kappa shape index (κ3) is 3.47. The van der Waals surface area contributed by atoms with Crippen LogP contribution in [0.25, 0.3) is 0 Å². The summed E-state index contributed by atoms with van der Waals surface area (Å²) in [6, 6.07) is 0. The van der Waals surface area contributed by atoms with E-state index in [1.165, 1.54) is 4.90 Å². The first-order chi connectivity index (χ1) is 6.70. The summed E-state index contributed by atoms with van der Waals surface area (Å²) in [4.78, 5) is 13.0. The van der Waals surface area contributed by atoms with E-state index in [1.54, 1.807) is 6.20 Å². The molecule has 3 heteroatoms. The number of nitrogens with zero attached hydrogens (tertiary/aromatic N) is 1. The lowest BCUT2D eigenvalue weighted by molar-refractivity contribution is 0.0918. The minimum atomic E-state index is -0.309. The van der Waals surface area contributed by atoms with Crippen molar-refractivity contribution in [2.75, 3.05) is 6.54 Å². The Balaban J connectivity index is 2.58. The van der Waals surface area contributed by atoms with Crippen LogP contribution in [0.3, 0.4) is 0 Å². The average molecular weight is 193 g/mol. The zero-order valence-corrected chi connectivity index (χ0v) is 8.51. The highest BCUT2D eigenvalue weighted by Crippen LogP contribution is 2.01. The molecule has 0 saturated heterocycles. The van der Waals surface area contributed by atoms with E-state index in [-0.39, 0.29) is 12.2 Å². The maximum absolute atomic E-state index is 11.5. The van der Waals surface area contributed by atoms with Crippen molar-refractivity contribution in [3.8, 4) is 0 Å². The van der Waals surface area contributed by atoms with Gasteiger partial charge in [-0.3, -0.25) is 4.90 Å². The molecule has 0 aromatic rings. The number of amides is 1. The predicted molar refractivity (Wildman–Crippen MR) is 55.7 cm³/mol. The van der Waals surface area contributed by atoms with Crippen LogP contribution in [0.4, 0.5) is 4.79 Å². The average Bonchev–Trinajstić information content (AvgIpc) is 2.00. The molecule has 0 unspecified atom stereocenters. The van der Waals surface area contributed by atoms with Crippen LogP contribution in [-0.4, -0.2) is 23.6 Å². The van der Waals surface area contributed by atoms with Crippen molar-refractivity contribution < 1.29 is 9.53 Å². The first kappa shape index (κ1) is 10.6. The zero-order valence-electron chi connectivity index (χ0n) is 8.51. The molecule has 1 amide bonds. The second-order valence-electron chi connectivity index (χ2n) is 3.24. The van der Waals surface area contributed by atoms with Gasteiger partial charge in [0.15, 0.2) is 0 Å². The SMILES string of the molecule is CC(C)OC(=O)N1C=CC=CC=CC1. The van der Waals surface area contributed by atoms with Gasteiger partial charge in [0.25, 0.3) is 0 Å². The number of rotatable bonds is 1. The van der Waals surface area contributed by atoms with Gasteiger partial charge in [0.05, 0.1) is 6.10 Å². The lowest BCUT2D eigenvalue weighted by Gasteiger charge is -2.18. The van der Waals surface area contributed by atoms with Crippen LogP contribution in [0, 0.1) is 0 Å². The predicted octanol–water partition coefficient (Wildman–Crippen LogP) is 2.47. The molecule has 0 bridgehead atoms. The van der Waals surface area contributed by atoms with Crippen LogP contribution in [-0.2, 0) is 4.74 Å². The van der Waals surface area contributed by atoms with Crippen LogP contribution in [0.15, 0.2) is 36.6 Å². The summed E-state index contributed by atoms with van der Waals surface area (Å²) < 4.78 is 5.06. The number of carbonyl (C=O) groups excluding carboxylic acids is 1. The van der Waals surface area contributed by atoms with E-state index in [0.717, 1.165) is 0 Å². The number of allylic oxidation sites excluding steroid dienone is 4. The molecule has 14 heavy (non-hydrogen) atoms. The summed E-state index contributed by atoms with van der Waals surface area (Å²) in [6.07, 6.45) is 10.7. The number of ether oxygens (including phenoxy) is 1. The first-order valence-corrected chi connectivity index (χ1v) is 4.67. The van der Waals surface area contributed by atoms with Crippen molar-refractivity contribution in [2.24, 2.45) is 0 Å². The Hall–Kier alpha value is -1.51. The molecule has 0 radical (unpaired) electrons. The maximum Gasteiger partial charge on any atom is 0.414 e. The summed E-state index contributed by atoms with van der Waals surface area (Å²) in [6.45, 7) is 4.22. The van der Waals surface area contributed by atoms with E-state index in [4.69, 9.17) is 4.74 Å². The van der Waals surface area contributed by atoms with Gasteiger partial charge in [0.2, 0.25) is 0 Å². The van der Waals surface area contributed by atoms with Gasteiger partial charge in [0, 0.05) is 12.7 Å². The molecule has 0 fully saturated rings. The molecule has 1 aliphatic heterocycles. The Morgan fingerprint density at radius 1 is 1.29 bits per heavy atom. The Morgan fingerprint density at radius 3 is 2.71 bits per heavy atom. The van der Waals surface area contributed by atoms with Gasteiger partial charge in [-0.05, 0) is 19.9 Å². The van der Waals surface area contributed by atoms with Crippen molar-refractivity contribution in [3.63, 3.8) is 0 Å². The Bertz CT molecular complexity index is 277. The summed E-state index contributed by atoms with van der Waals surface area (Å²) in [5.41, 5.74) is 0. The van der Waals surface area contributed by atoms with Gasteiger partial charge in [-0.1, -0.05) is 24.3 Å². The quantitative estimate of drug-likeness (QED) is 0.640. The van der Waals surface area contributed by atoms with Crippen LogP contribution in [0.1, 0.15) is 13.8 Å². The first-order valence-electron chi connectivity index (χ1n) is 4.67. The molecule has 0 spiro atoms. The summed E-state index contributed by atoms with van der Waals surface area (Å²) >= 11 is 0. The molecule has 1 rings (SSSR count). The van der Waals surface area contributed by atoms with E-state index >= 15 is 0 Å². The minimum Gasteiger partial charge on any atom is -0.446 e. The van der Waals surface area contributed by atoms with E-state index < -0.39 is 0 Å². The number of carbonyl (C=O) groups is 1. The third-order valence-corrected chi connectivity index (χ3v) is 1.61. The van der Waals surface area contributed by atoms with Gasteiger partial charge >= 0.3 is 6.09 Å². The molecule has 0 N–H and O–H groups in total. The van der Waals surface area contributed by atoms with E-state index in [0.29, 0.717) is 6.54 Å². The van der Waals surface area contributed by atoms with Crippen molar-refractivity contribution in [1.82, 2.24) is 4.90 Å². The molecule has 0 saturated carbocycles. The van der Waals surface area contributed by atoms with Gasteiger partial charge in [-0.2, -0.15) is 0 Å². The number of hydrogen-bond donors (Lipinski definition) is 0. The fourth-order valence-corrected chi connectivity index (χ4v) is 1.00. The fraction of sp³-hybridized carbons (Fsp3) is 0.364. The van der Waals surface area contributed by atoms with Crippen LogP contribution in [0.5, 0.6) is 0 Å². The molecule has 1 aliphatic rings. The topological polar surface area (TPSA) is 29.5 Å². The largest absolute Gasteiger partial charge is 0.446 e. The molecule has 0 aromatic carbocycles. The van der Waals surface area contributed by atoms with Crippen molar-refractivity contribution in [1.29, 1.82) is 0 Å². The summed E-state index contributed by atoms with van der Waals surface area (Å²) in [5, 5.41) is 0. The molecule has 0 atom stereocenters. The highest BCUT2D eigenvalue weighted by molar-refractivity contribution is 5.69. The van der Waals surface area contributed by atoms with E-state index in [9.17, 15) is 4.79 Å². The van der Waals surface area contributed by atoms with Gasteiger partial charge in [-0.15, -0.1) is 0 Å². The van der Waals surface area contributed by atoms with Gasteiger partial charge in [0.1, 0.15) is 0 Å². The third-order valence-electron chi connectivity index (χ3n) is 1.61. The monoisotopic (exact) mass is 193 g/mol. The Labute approximate surface area is 84.3 Å². The molecule has 1 heterocycles. The molecule has 0 aromatic heterocycles. The Morgan fingerprint density at radius 2 is 2.00 bits per heavy atom. The van der Waals surface area contributed by atoms with Gasteiger partial charge < -0.3 is 4.74 Å². The second kappa shape index (κ2) is 5.27. The number of hydrogen-bond acceptors (Lipinski definition) is 2. The second-order valence-corrected chi connectivity index (χ2v) is 3.24. The van der Waals surface area contributed by atoms with Gasteiger partial charge in [-0.25, -0.2) is 4.79 Å². The zero-order chi connectivity index (χ0) is 10.4.